The van der Waals surface area contributed by atoms with E-state index < -0.39 is 0 Å². The van der Waals surface area contributed by atoms with Crippen LogP contribution in [0.15, 0.2) is 22.3 Å². The highest BCUT2D eigenvalue weighted by Gasteiger charge is 2.17. The zero-order valence-corrected chi connectivity index (χ0v) is 14.1. The van der Waals surface area contributed by atoms with Crippen molar-refractivity contribution in [2.45, 2.75) is 46.1 Å². The minimum absolute atomic E-state index is 0.0588. The number of anilines is 1. The zero-order chi connectivity index (χ0) is 15.6. The number of hydrogen-bond acceptors (Lipinski definition) is 4. The molecule has 2 aromatic rings. The van der Waals surface area contributed by atoms with E-state index in [0.717, 1.165) is 22.9 Å². The molecule has 0 aliphatic carbocycles. The van der Waals surface area contributed by atoms with Crippen LogP contribution in [-0.2, 0) is 0 Å². The Balaban J connectivity index is 2.62. The summed E-state index contributed by atoms with van der Waals surface area (Å²) in [6.45, 7) is 8.44. The van der Waals surface area contributed by atoms with E-state index in [-0.39, 0.29) is 11.6 Å². The van der Waals surface area contributed by atoms with E-state index in [1.807, 2.05) is 23.1 Å². The minimum atomic E-state index is 0.0588. The third-order valence-corrected chi connectivity index (χ3v) is 4.63. The number of nitrogens with one attached hydrogen (secondary N) is 1. The summed E-state index contributed by atoms with van der Waals surface area (Å²) in [5, 5.41) is 5.77. The van der Waals surface area contributed by atoms with Crippen LogP contribution in [0.2, 0.25) is 0 Å². The molecule has 0 radical (unpaired) electrons. The molecule has 0 aromatic carbocycles. The minimum Gasteiger partial charge on any atom is -0.365 e. The molecule has 0 aliphatic heterocycles. The molecule has 0 amide bonds. The second-order valence-corrected chi connectivity index (χ2v) is 6.41. The topological polar surface area (TPSA) is 46.9 Å². The molecule has 1 N–H and O–H groups in total. The van der Waals surface area contributed by atoms with Gasteiger partial charge in [0.2, 0.25) is 0 Å². The van der Waals surface area contributed by atoms with Gasteiger partial charge >= 0.3 is 0 Å². The van der Waals surface area contributed by atoms with Crippen molar-refractivity contribution in [2.24, 2.45) is 0 Å². The standard InChI is InChI=1S/C16H23N3OS/c1-6-11(4)19-14(10(2)3)8-7-12(15(19)20)13-9-21-16(17-5)18-13/h7-11H,6H2,1-5H3,(H,17,18). The van der Waals surface area contributed by atoms with Gasteiger partial charge < -0.3 is 9.88 Å². The van der Waals surface area contributed by atoms with E-state index in [0.29, 0.717) is 11.5 Å². The largest absolute Gasteiger partial charge is 0.365 e. The van der Waals surface area contributed by atoms with E-state index in [1.54, 1.807) is 0 Å². The average Bonchev–Trinajstić information content (AvgIpc) is 2.94. The van der Waals surface area contributed by atoms with Crippen molar-refractivity contribution in [2.75, 3.05) is 12.4 Å². The fourth-order valence-electron chi connectivity index (χ4n) is 2.38. The molecule has 1 atom stereocenters. The molecule has 0 fully saturated rings. The van der Waals surface area contributed by atoms with Gasteiger partial charge in [-0.25, -0.2) is 4.98 Å². The van der Waals surface area contributed by atoms with Crippen molar-refractivity contribution in [1.29, 1.82) is 0 Å². The summed E-state index contributed by atoms with van der Waals surface area (Å²) in [5.41, 5.74) is 2.57. The summed E-state index contributed by atoms with van der Waals surface area (Å²) < 4.78 is 1.93. The summed E-state index contributed by atoms with van der Waals surface area (Å²) in [6.07, 6.45) is 0.932. The van der Waals surface area contributed by atoms with Gasteiger partial charge in [-0.05, 0) is 31.4 Å². The van der Waals surface area contributed by atoms with Crippen molar-refractivity contribution in [3.05, 3.63) is 33.6 Å². The summed E-state index contributed by atoms with van der Waals surface area (Å²) in [5.74, 6) is 0.323. The smallest absolute Gasteiger partial charge is 0.260 e. The molecule has 5 heteroatoms. The monoisotopic (exact) mass is 305 g/mol. The van der Waals surface area contributed by atoms with Gasteiger partial charge in [0.05, 0.1) is 11.3 Å². The van der Waals surface area contributed by atoms with Crippen LogP contribution in [0.3, 0.4) is 0 Å². The van der Waals surface area contributed by atoms with Crippen LogP contribution in [0.5, 0.6) is 0 Å². The van der Waals surface area contributed by atoms with E-state index in [9.17, 15) is 4.79 Å². The molecular weight excluding hydrogens is 282 g/mol. The van der Waals surface area contributed by atoms with Crippen LogP contribution in [0.25, 0.3) is 11.3 Å². The van der Waals surface area contributed by atoms with Crippen molar-refractivity contribution in [1.82, 2.24) is 9.55 Å². The van der Waals surface area contributed by atoms with Crippen molar-refractivity contribution < 1.29 is 0 Å². The molecule has 21 heavy (non-hydrogen) atoms. The van der Waals surface area contributed by atoms with Crippen molar-refractivity contribution >= 4 is 16.5 Å². The van der Waals surface area contributed by atoms with Gasteiger partial charge in [0.15, 0.2) is 5.13 Å². The van der Waals surface area contributed by atoms with Crippen LogP contribution in [-0.4, -0.2) is 16.6 Å². The normalized spacial score (nSPS) is 12.7. The Morgan fingerprint density at radius 2 is 2.05 bits per heavy atom. The van der Waals surface area contributed by atoms with Crippen molar-refractivity contribution in [3.63, 3.8) is 0 Å². The summed E-state index contributed by atoms with van der Waals surface area (Å²) >= 11 is 1.51. The highest BCUT2D eigenvalue weighted by Crippen LogP contribution is 2.25. The molecule has 0 spiro atoms. The lowest BCUT2D eigenvalue weighted by Gasteiger charge is -2.21. The number of pyridine rings is 1. The van der Waals surface area contributed by atoms with Crippen LogP contribution < -0.4 is 10.9 Å². The zero-order valence-electron chi connectivity index (χ0n) is 13.3. The van der Waals surface area contributed by atoms with Gasteiger partial charge in [0.1, 0.15) is 0 Å². The van der Waals surface area contributed by atoms with E-state index >= 15 is 0 Å². The predicted octanol–water partition coefficient (Wildman–Crippen LogP) is 4.11. The third-order valence-electron chi connectivity index (χ3n) is 3.77. The summed E-state index contributed by atoms with van der Waals surface area (Å²) in [6, 6.07) is 4.16. The lowest BCUT2D eigenvalue weighted by molar-refractivity contribution is 0.485. The molecule has 0 aliphatic rings. The molecule has 114 valence electrons. The maximum Gasteiger partial charge on any atom is 0.260 e. The van der Waals surface area contributed by atoms with Gasteiger partial charge in [0, 0.05) is 24.2 Å². The highest BCUT2D eigenvalue weighted by molar-refractivity contribution is 7.14. The summed E-state index contributed by atoms with van der Waals surface area (Å²) in [7, 11) is 1.84. The van der Waals surface area contributed by atoms with Gasteiger partial charge in [-0.1, -0.05) is 20.8 Å². The van der Waals surface area contributed by atoms with E-state index in [4.69, 9.17) is 0 Å². The van der Waals surface area contributed by atoms with Crippen LogP contribution in [0, 0.1) is 0 Å². The third kappa shape index (κ3) is 3.02. The molecule has 0 saturated carbocycles. The maximum absolute atomic E-state index is 12.9. The second kappa shape index (κ2) is 6.43. The Kier molecular flexibility index (Phi) is 4.83. The number of nitrogens with zero attached hydrogens (tertiary/aromatic N) is 2. The first-order valence-corrected chi connectivity index (χ1v) is 8.26. The Hall–Kier alpha value is -1.62. The van der Waals surface area contributed by atoms with Gasteiger partial charge in [-0.3, -0.25) is 4.79 Å². The first-order chi connectivity index (χ1) is 9.99. The lowest BCUT2D eigenvalue weighted by Crippen LogP contribution is -2.28. The Labute approximate surface area is 129 Å². The number of rotatable bonds is 5. The number of aromatic nitrogens is 2. The molecule has 0 bridgehead atoms. The van der Waals surface area contributed by atoms with Crippen molar-refractivity contribution in [3.8, 4) is 11.3 Å². The molecule has 2 rings (SSSR count). The molecule has 0 saturated heterocycles. The van der Waals surface area contributed by atoms with Gasteiger partial charge in [-0.15, -0.1) is 11.3 Å². The predicted molar refractivity (Wildman–Crippen MR) is 90.4 cm³/mol. The highest BCUT2D eigenvalue weighted by atomic mass is 32.1. The quantitative estimate of drug-likeness (QED) is 0.904. The fourth-order valence-corrected chi connectivity index (χ4v) is 3.05. The first-order valence-electron chi connectivity index (χ1n) is 7.38. The maximum atomic E-state index is 12.9. The van der Waals surface area contributed by atoms with E-state index in [1.165, 1.54) is 11.3 Å². The van der Waals surface area contributed by atoms with Gasteiger partial charge in [-0.2, -0.15) is 0 Å². The molecule has 2 aromatic heterocycles. The number of thiazole rings is 1. The SMILES string of the molecule is CCC(C)n1c(C(C)C)ccc(-c2csc(NC)n2)c1=O. The fraction of sp³-hybridized carbons (Fsp3) is 0.500. The molecular formula is C16H23N3OS. The Bertz CT molecular complexity index is 672. The lowest BCUT2D eigenvalue weighted by atomic mass is 10.1. The Morgan fingerprint density at radius 1 is 1.33 bits per heavy atom. The molecule has 1 unspecified atom stereocenters. The van der Waals surface area contributed by atoms with Crippen LogP contribution >= 0.6 is 11.3 Å². The first kappa shape index (κ1) is 15.8. The average molecular weight is 305 g/mol. The molecule has 4 nitrogen and oxygen atoms in total. The summed E-state index contributed by atoms with van der Waals surface area (Å²) in [4.78, 5) is 17.4. The van der Waals surface area contributed by atoms with E-state index in [2.05, 4.69) is 44.1 Å². The van der Waals surface area contributed by atoms with Crippen LogP contribution in [0.4, 0.5) is 5.13 Å². The molecule has 2 heterocycles. The van der Waals surface area contributed by atoms with Crippen LogP contribution in [0.1, 0.15) is 51.8 Å². The number of hydrogen-bond donors (Lipinski definition) is 1. The Morgan fingerprint density at radius 3 is 2.57 bits per heavy atom. The van der Waals surface area contributed by atoms with Gasteiger partial charge in [0.25, 0.3) is 5.56 Å². The second-order valence-electron chi connectivity index (χ2n) is 5.55.